The Morgan fingerprint density at radius 1 is 1.21 bits per heavy atom. The number of rotatable bonds is 3. The molecule has 0 aromatic heterocycles. The first kappa shape index (κ1) is 13.6. The zero-order chi connectivity index (χ0) is 14.0. The molecule has 1 aliphatic rings. The van der Waals surface area contributed by atoms with Crippen molar-refractivity contribution in [2.75, 3.05) is 11.4 Å². The van der Waals surface area contributed by atoms with Crippen LogP contribution in [0.5, 0.6) is 0 Å². The van der Waals surface area contributed by atoms with E-state index in [-0.39, 0.29) is 5.91 Å². The number of aliphatic carboxylic acids is 1. The maximum Gasteiger partial charge on any atom is 0.307 e. The number of para-hydroxylation sites is 1. The largest absolute Gasteiger partial charge is 0.481 e. The van der Waals surface area contributed by atoms with Crippen molar-refractivity contribution in [1.29, 1.82) is 0 Å². The van der Waals surface area contributed by atoms with Gasteiger partial charge in [-0.1, -0.05) is 32.0 Å². The van der Waals surface area contributed by atoms with Crippen LogP contribution in [0.15, 0.2) is 24.3 Å². The summed E-state index contributed by atoms with van der Waals surface area (Å²) in [6, 6.07) is 7.84. The summed E-state index contributed by atoms with van der Waals surface area (Å²) >= 11 is 0. The van der Waals surface area contributed by atoms with Crippen molar-refractivity contribution in [3.63, 3.8) is 0 Å². The molecule has 1 aromatic carbocycles. The standard InChI is InChI=1S/C15H19NO3/c1-10(11(2)15(18)19)14(17)16-9-5-7-12-6-3-4-8-13(12)16/h3-4,6,8,10-11H,5,7,9H2,1-2H3,(H,18,19). The molecule has 0 radical (unpaired) electrons. The van der Waals surface area contributed by atoms with E-state index in [0.29, 0.717) is 6.54 Å². The van der Waals surface area contributed by atoms with Crippen LogP contribution in [-0.4, -0.2) is 23.5 Å². The maximum absolute atomic E-state index is 12.5. The van der Waals surface area contributed by atoms with Gasteiger partial charge in [0.15, 0.2) is 0 Å². The zero-order valence-electron chi connectivity index (χ0n) is 11.3. The number of carbonyl (C=O) groups is 2. The molecule has 0 saturated carbocycles. The van der Waals surface area contributed by atoms with Crippen LogP contribution in [0, 0.1) is 11.8 Å². The van der Waals surface area contributed by atoms with Crippen molar-refractivity contribution in [2.24, 2.45) is 11.8 Å². The van der Waals surface area contributed by atoms with Crippen LogP contribution in [0.3, 0.4) is 0 Å². The lowest BCUT2D eigenvalue weighted by Gasteiger charge is -2.32. The molecule has 19 heavy (non-hydrogen) atoms. The quantitative estimate of drug-likeness (QED) is 0.908. The number of carboxylic acid groups (broad SMARTS) is 1. The molecule has 0 fully saturated rings. The average molecular weight is 261 g/mol. The predicted molar refractivity (Wildman–Crippen MR) is 73.1 cm³/mol. The van der Waals surface area contributed by atoms with E-state index in [1.54, 1.807) is 18.7 Å². The lowest BCUT2D eigenvalue weighted by Crippen LogP contribution is -2.41. The highest BCUT2D eigenvalue weighted by molar-refractivity contribution is 5.97. The number of hydrogen-bond donors (Lipinski definition) is 1. The molecule has 1 aromatic rings. The van der Waals surface area contributed by atoms with Gasteiger partial charge in [0.05, 0.1) is 5.92 Å². The van der Waals surface area contributed by atoms with Gasteiger partial charge in [-0.3, -0.25) is 9.59 Å². The minimum absolute atomic E-state index is 0.0953. The molecule has 1 amide bonds. The van der Waals surface area contributed by atoms with Gasteiger partial charge < -0.3 is 10.0 Å². The third-order valence-corrected chi connectivity index (χ3v) is 3.91. The number of carboxylic acids is 1. The second-order valence-electron chi connectivity index (χ2n) is 5.14. The summed E-state index contributed by atoms with van der Waals surface area (Å²) in [6.07, 6.45) is 1.90. The van der Waals surface area contributed by atoms with Gasteiger partial charge in [-0.2, -0.15) is 0 Å². The van der Waals surface area contributed by atoms with Crippen molar-refractivity contribution in [1.82, 2.24) is 0 Å². The van der Waals surface area contributed by atoms with E-state index in [9.17, 15) is 9.59 Å². The first-order valence-corrected chi connectivity index (χ1v) is 6.64. The molecule has 2 unspecified atom stereocenters. The number of anilines is 1. The molecule has 1 heterocycles. The molecule has 1 aliphatic heterocycles. The van der Waals surface area contributed by atoms with E-state index < -0.39 is 17.8 Å². The maximum atomic E-state index is 12.5. The number of fused-ring (bicyclic) bond motifs is 1. The number of nitrogens with zero attached hydrogens (tertiary/aromatic N) is 1. The Kier molecular flexibility index (Phi) is 3.88. The Morgan fingerprint density at radius 2 is 1.89 bits per heavy atom. The molecule has 102 valence electrons. The molecule has 1 N–H and O–H groups in total. The molecule has 0 saturated heterocycles. The highest BCUT2D eigenvalue weighted by Gasteiger charge is 2.31. The van der Waals surface area contributed by atoms with E-state index in [2.05, 4.69) is 0 Å². The first-order valence-electron chi connectivity index (χ1n) is 6.64. The summed E-state index contributed by atoms with van der Waals surface area (Å²) < 4.78 is 0. The normalized spacial score (nSPS) is 17.5. The Morgan fingerprint density at radius 3 is 2.58 bits per heavy atom. The predicted octanol–water partition coefficient (Wildman–Crippen LogP) is 2.32. The molecule has 2 atom stereocenters. The second-order valence-corrected chi connectivity index (χ2v) is 5.14. The van der Waals surface area contributed by atoms with E-state index in [1.165, 1.54) is 0 Å². The van der Waals surface area contributed by atoms with Gasteiger partial charge in [0.2, 0.25) is 5.91 Å². The van der Waals surface area contributed by atoms with Gasteiger partial charge in [0.1, 0.15) is 0 Å². The highest BCUT2D eigenvalue weighted by Crippen LogP contribution is 2.29. The SMILES string of the molecule is CC(C(=O)O)C(C)C(=O)N1CCCc2ccccc21. The van der Waals surface area contributed by atoms with Gasteiger partial charge in [-0.25, -0.2) is 0 Å². The van der Waals surface area contributed by atoms with Crippen molar-refractivity contribution in [3.05, 3.63) is 29.8 Å². The van der Waals surface area contributed by atoms with Gasteiger partial charge in [0, 0.05) is 18.2 Å². The summed E-state index contributed by atoms with van der Waals surface area (Å²) in [5.41, 5.74) is 2.10. The smallest absolute Gasteiger partial charge is 0.307 e. The van der Waals surface area contributed by atoms with Gasteiger partial charge in [0.25, 0.3) is 0 Å². The van der Waals surface area contributed by atoms with Crippen LogP contribution in [0.2, 0.25) is 0 Å². The Hall–Kier alpha value is -1.84. The monoisotopic (exact) mass is 261 g/mol. The highest BCUT2D eigenvalue weighted by atomic mass is 16.4. The summed E-state index contributed by atoms with van der Waals surface area (Å²) in [4.78, 5) is 25.2. The Labute approximate surface area is 113 Å². The lowest BCUT2D eigenvalue weighted by atomic mass is 9.93. The van der Waals surface area contributed by atoms with E-state index in [1.807, 2.05) is 24.3 Å². The fourth-order valence-corrected chi connectivity index (χ4v) is 2.44. The number of benzene rings is 1. The van der Waals surface area contributed by atoms with Crippen molar-refractivity contribution in [2.45, 2.75) is 26.7 Å². The van der Waals surface area contributed by atoms with E-state index in [0.717, 1.165) is 24.1 Å². The second kappa shape index (κ2) is 5.43. The topological polar surface area (TPSA) is 57.6 Å². The number of hydrogen-bond acceptors (Lipinski definition) is 2. The summed E-state index contributed by atoms with van der Waals surface area (Å²) in [6.45, 7) is 3.95. The molecule has 0 spiro atoms. The fraction of sp³-hybridized carbons (Fsp3) is 0.467. The van der Waals surface area contributed by atoms with E-state index >= 15 is 0 Å². The van der Waals surface area contributed by atoms with Crippen LogP contribution in [0.4, 0.5) is 5.69 Å². The lowest BCUT2D eigenvalue weighted by molar-refractivity contribution is -0.145. The van der Waals surface area contributed by atoms with Gasteiger partial charge in [-0.05, 0) is 24.5 Å². The van der Waals surface area contributed by atoms with Crippen LogP contribution >= 0.6 is 0 Å². The molecule has 4 nitrogen and oxygen atoms in total. The van der Waals surface area contributed by atoms with Crippen LogP contribution in [-0.2, 0) is 16.0 Å². The molecule has 4 heteroatoms. The van der Waals surface area contributed by atoms with Crippen molar-refractivity contribution < 1.29 is 14.7 Å². The zero-order valence-corrected chi connectivity index (χ0v) is 11.3. The molecule has 0 aliphatic carbocycles. The van der Waals surface area contributed by atoms with Crippen LogP contribution < -0.4 is 4.90 Å². The number of aryl methyl sites for hydroxylation is 1. The first-order chi connectivity index (χ1) is 9.02. The van der Waals surface area contributed by atoms with Crippen molar-refractivity contribution in [3.8, 4) is 0 Å². The molecular formula is C15H19NO3. The summed E-state index contributed by atoms with van der Waals surface area (Å²) in [7, 11) is 0. The third-order valence-electron chi connectivity index (χ3n) is 3.91. The third kappa shape index (κ3) is 2.62. The molecule has 0 bridgehead atoms. The summed E-state index contributed by atoms with van der Waals surface area (Å²) in [5.74, 6) is -2.20. The summed E-state index contributed by atoms with van der Waals surface area (Å²) in [5, 5.41) is 9.02. The van der Waals surface area contributed by atoms with Gasteiger partial charge >= 0.3 is 5.97 Å². The number of carbonyl (C=O) groups excluding carboxylic acids is 1. The van der Waals surface area contributed by atoms with E-state index in [4.69, 9.17) is 5.11 Å². The average Bonchev–Trinajstić information content (AvgIpc) is 2.44. The van der Waals surface area contributed by atoms with Crippen molar-refractivity contribution >= 4 is 17.6 Å². The molecular weight excluding hydrogens is 242 g/mol. The van der Waals surface area contributed by atoms with Crippen LogP contribution in [0.25, 0.3) is 0 Å². The van der Waals surface area contributed by atoms with Gasteiger partial charge in [-0.15, -0.1) is 0 Å². The minimum Gasteiger partial charge on any atom is -0.481 e. The van der Waals surface area contributed by atoms with Crippen LogP contribution in [0.1, 0.15) is 25.8 Å². The Bertz CT molecular complexity index is 498. The molecule has 2 rings (SSSR count). The number of amides is 1. The minimum atomic E-state index is -0.925. The fourth-order valence-electron chi connectivity index (χ4n) is 2.44. The Balaban J connectivity index is 2.24.